The lowest BCUT2D eigenvalue weighted by molar-refractivity contribution is -0.347. The summed E-state index contributed by atoms with van der Waals surface area (Å²) in [5.74, 6) is -6.59. The molecule has 3 saturated carbocycles. The van der Waals surface area contributed by atoms with Gasteiger partial charge in [0.15, 0.2) is 5.60 Å². The summed E-state index contributed by atoms with van der Waals surface area (Å²) in [6, 6.07) is 4.59. The standard InChI is InChI=1S/C23H21F7N6O2/c24-14-2-3-15(16(25)5-14)21(37,11-36-12-33-34-35-36)23(29,30)20-8-19(9-20,10-20)13-1-4-18(32-7-13)38-17(6-31)22(26,27)28/h1-5,7,12,17,37H,6,8-11,31H2. The molecule has 0 aliphatic heterocycles. The first kappa shape index (κ1) is 26.3. The van der Waals surface area contributed by atoms with Crippen LogP contribution in [0.15, 0.2) is 42.9 Å². The molecule has 2 bridgehead atoms. The van der Waals surface area contributed by atoms with Crippen molar-refractivity contribution in [1.29, 1.82) is 0 Å². The Hall–Kier alpha value is -3.33. The summed E-state index contributed by atoms with van der Waals surface area (Å²) >= 11 is 0. The van der Waals surface area contributed by atoms with Crippen LogP contribution in [0, 0.1) is 17.0 Å². The third kappa shape index (κ3) is 3.90. The van der Waals surface area contributed by atoms with Crippen LogP contribution >= 0.6 is 0 Å². The molecular formula is C23H21F7N6O2. The van der Waals surface area contributed by atoms with Crippen molar-refractivity contribution in [2.45, 2.75) is 55.0 Å². The monoisotopic (exact) mass is 546 g/mol. The Morgan fingerprint density at radius 2 is 1.79 bits per heavy atom. The number of hydrogen-bond donors (Lipinski definition) is 2. The molecule has 38 heavy (non-hydrogen) atoms. The lowest BCUT2D eigenvalue weighted by atomic mass is 9.30. The van der Waals surface area contributed by atoms with Crippen LogP contribution in [-0.4, -0.2) is 55.0 Å². The number of rotatable bonds is 9. The summed E-state index contributed by atoms with van der Waals surface area (Å²) in [5.41, 5.74) is -0.783. The topological polar surface area (TPSA) is 112 Å². The Labute approximate surface area is 210 Å². The minimum absolute atomic E-state index is 0.108. The van der Waals surface area contributed by atoms with Gasteiger partial charge in [-0.15, -0.1) is 5.10 Å². The van der Waals surface area contributed by atoms with E-state index in [4.69, 9.17) is 10.5 Å². The van der Waals surface area contributed by atoms with Gasteiger partial charge in [0.05, 0.1) is 6.54 Å². The molecule has 1 aromatic carbocycles. The van der Waals surface area contributed by atoms with E-state index >= 15 is 8.78 Å². The maximum absolute atomic E-state index is 16.2. The molecule has 8 nitrogen and oxygen atoms in total. The van der Waals surface area contributed by atoms with Gasteiger partial charge < -0.3 is 15.6 Å². The second-order valence-electron chi connectivity index (χ2n) is 9.93. The maximum Gasteiger partial charge on any atom is 0.426 e. The molecule has 3 aliphatic rings. The van der Waals surface area contributed by atoms with Gasteiger partial charge in [-0.25, -0.2) is 27.2 Å². The van der Waals surface area contributed by atoms with E-state index in [0.29, 0.717) is 11.6 Å². The van der Waals surface area contributed by atoms with E-state index < -0.39 is 64.9 Å². The van der Waals surface area contributed by atoms with E-state index in [2.05, 4.69) is 20.5 Å². The van der Waals surface area contributed by atoms with Gasteiger partial charge in [0.25, 0.3) is 5.92 Å². The molecule has 3 aromatic rings. The first-order chi connectivity index (χ1) is 17.8. The lowest BCUT2D eigenvalue weighted by Crippen LogP contribution is -2.76. The van der Waals surface area contributed by atoms with E-state index in [-0.39, 0.29) is 25.1 Å². The van der Waals surface area contributed by atoms with Crippen molar-refractivity contribution >= 4 is 0 Å². The van der Waals surface area contributed by atoms with Crippen molar-refractivity contribution in [2.75, 3.05) is 6.54 Å². The molecule has 2 aromatic heterocycles. The first-order valence-electron chi connectivity index (χ1n) is 11.4. The Morgan fingerprint density at radius 3 is 2.32 bits per heavy atom. The Morgan fingerprint density at radius 1 is 1.08 bits per heavy atom. The minimum Gasteiger partial charge on any atom is -0.463 e. The molecule has 15 heteroatoms. The number of tetrazole rings is 1. The molecule has 3 N–H and O–H groups in total. The maximum atomic E-state index is 16.2. The predicted molar refractivity (Wildman–Crippen MR) is 115 cm³/mol. The largest absolute Gasteiger partial charge is 0.463 e. The SMILES string of the molecule is NCC(Oc1ccc(C23CC(C(F)(F)C(O)(Cn4cnnn4)c4ccc(F)cc4F)(C2)C3)cn1)C(F)(F)F. The first-order valence-corrected chi connectivity index (χ1v) is 11.4. The molecule has 0 spiro atoms. The number of halogens is 7. The third-order valence-electron chi connectivity index (χ3n) is 7.57. The van der Waals surface area contributed by atoms with Crippen LogP contribution in [-0.2, 0) is 17.6 Å². The van der Waals surface area contributed by atoms with Gasteiger partial charge >= 0.3 is 6.18 Å². The average molecular weight is 546 g/mol. The van der Waals surface area contributed by atoms with Crippen molar-refractivity contribution in [1.82, 2.24) is 25.2 Å². The summed E-state index contributed by atoms with van der Waals surface area (Å²) in [6.07, 6.45) is -5.02. The minimum atomic E-state index is -4.69. The number of nitrogens with two attached hydrogens (primary N) is 1. The number of alkyl halides is 5. The second kappa shape index (κ2) is 8.59. The predicted octanol–water partition coefficient (Wildman–Crippen LogP) is 3.26. The molecule has 3 aliphatic carbocycles. The van der Waals surface area contributed by atoms with Gasteiger partial charge in [-0.1, -0.05) is 6.07 Å². The quantitative estimate of drug-likeness (QED) is 0.397. The van der Waals surface area contributed by atoms with Crippen molar-refractivity contribution < 1.29 is 40.6 Å². The number of hydrogen-bond acceptors (Lipinski definition) is 7. The van der Waals surface area contributed by atoms with Crippen LogP contribution < -0.4 is 10.5 Å². The summed E-state index contributed by atoms with van der Waals surface area (Å²) in [6.45, 7) is -1.71. The van der Waals surface area contributed by atoms with E-state index in [1.54, 1.807) is 0 Å². The number of benzene rings is 1. The molecular weight excluding hydrogens is 525 g/mol. The molecule has 0 saturated heterocycles. The fourth-order valence-corrected chi connectivity index (χ4v) is 5.69. The summed E-state index contributed by atoms with van der Waals surface area (Å²) in [5, 5.41) is 21.6. The Balaban J connectivity index is 1.38. The van der Waals surface area contributed by atoms with E-state index in [0.717, 1.165) is 23.1 Å². The molecule has 6 rings (SSSR count). The lowest BCUT2D eigenvalue weighted by Gasteiger charge is -2.74. The average Bonchev–Trinajstić information content (AvgIpc) is 3.28. The van der Waals surface area contributed by atoms with Crippen molar-refractivity contribution in [3.63, 3.8) is 0 Å². The number of nitrogens with zero attached hydrogens (tertiary/aromatic N) is 5. The highest BCUT2D eigenvalue weighted by Crippen LogP contribution is 2.80. The molecule has 3 fully saturated rings. The van der Waals surface area contributed by atoms with Gasteiger partial charge in [0.2, 0.25) is 12.0 Å². The van der Waals surface area contributed by atoms with Gasteiger partial charge in [0, 0.05) is 35.9 Å². The van der Waals surface area contributed by atoms with Crippen LogP contribution in [0.1, 0.15) is 30.4 Å². The van der Waals surface area contributed by atoms with Gasteiger partial charge in [-0.2, -0.15) is 13.2 Å². The second-order valence-corrected chi connectivity index (χ2v) is 9.93. The third-order valence-corrected chi connectivity index (χ3v) is 7.57. The fourth-order valence-electron chi connectivity index (χ4n) is 5.69. The zero-order valence-electron chi connectivity index (χ0n) is 19.5. The van der Waals surface area contributed by atoms with Gasteiger partial charge in [-0.05, 0) is 52.8 Å². The zero-order valence-corrected chi connectivity index (χ0v) is 19.5. The summed E-state index contributed by atoms with van der Waals surface area (Å²) in [4.78, 5) is 3.88. The van der Waals surface area contributed by atoms with Crippen molar-refractivity contribution in [3.05, 3.63) is 65.6 Å². The van der Waals surface area contributed by atoms with Crippen molar-refractivity contribution in [2.24, 2.45) is 11.1 Å². The highest BCUT2D eigenvalue weighted by molar-refractivity contribution is 5.42. The van der Waals surface area contributed by atoms with E-state index in [9.17, 15) is 27.1 Å². The molecule has 0 amide bonds. The highest BCUT2D eigenvalue weighted by Gasteiger charge is 2.82. The van der Waals surface area contributed by atoms with E-state index in [1.807, 2.05) is 0 Å². The summed E-state index contributed by atoms with van der Waals surface area (Å²) in [7, 11) is 0. The van der Waals surface area contributed by atoms with Gasteiger partial charge in [0.1, 0.15) is 18.0 Å². The van der Waals surface area contributed by atoms with Crippen LogP contribution in [0.4, 0.5) is 30.7 Å². The van der Waals surface area contributed by atoms with Crippen LogP contribution in [0.25, 0.3) is 0 Å². The molecule has 0 radical (unpaired) electrons. The molecule has 2 unspecified atom stereocenters. The summed E-state index contributed by atoms with van der Waals surface area (Å²) < 4.78 is 105. The van der Waals surface area contributed by atoms with Gasteiger partial charge in [-0.3, -0.25) is 0 Å². The highest BCUT2D eigenvalue weighted by atomic mass is 19.4. The Bertz CT molecular complexity index is 1300. The Kier molecular flexibility index (Phi) is 5.94. The molecule has 2 atom stereocenters. The molecule has 204 valence electrons. The number of aliphatic hydroxyl groups is 1. The van der Waals surface area contributed by atoms with Crippen LogP contribution in [0.2, 0.25) is 0 Å². The molecule has 2 heterocycles. The number of aromatic nitrogens is 5. The smallest absolute Gasteiger partial charge is 0.426 e. The van der Waals surface area contributed by atoms with E-state index in [1.165, 1.54) is 18.3 Å². The van der Waals surface area contributed by atoms with Crippen LogP contribution in [0.3, 0.4) is 0 Å². The number of pyridine rings is 1. The normalized spacial score (nSPS) is 25.2. The van der Waals surface area contributed by atoms with Crippen LogP contribution in [0.5, 0.6) is 5.88 Å². The zero-order chi connectivity index (χ0) is 27.6. The number of ether oxygens (including phenoxy) is 1. The van der Waals surface area contributed by atoms with Crippen molar-refractivity contribution in [3.8, 4) is 5.88 Å². The fraction of sp³-hybridized carbons (Fsp3) is 0.478.